The summed E-state index contributed by atoms with van der Waals surface area (Å²) in [6.07, 6.45) is 6.68. The highest BCUT2D eigenvalue weighted by Crippen LogP contribution is 2.17. The van der Waals surface area contributed by atoms with Crippen LogP contribution in [0.2, 0.25) is 0 Å². The van der Waals surface area contributed by atoms with E-state index in [0.717, 1.165) is 11.3 Å². The minimum atomic E-state index is -0.140. The molecule has 0 aliphatic heterocycles. The number of nitrogens with one attached hydrogen (secondary N) is 1. The monoisotopic (exact) mass is 266 g/mol. The van der Waals surface area contributed by atoms with Crippen molar-refractivity contribution < 1.29 is 4.79 Å². The zero-order valence-corrected chi connectivity index (χ0v) is 11.7. The lowest BCUT2D eigenvalue weighted by atomic mass is 10.0. The quantitative estimate of drug-likeness (QED) is 0.854. The lowest BCUT2D eigenvalue weighted by molar-refractivity contribution is -0.111. The molecule has 0 bridgehead atoms. The first kappa shape index (κ1) is 14.0. The number of hydrogen-bond acceptors (Lipinski definition) is 2. The lowest BCUT2D eigenvalue weighted by Crippen LogP contribution is -2.07. The van der Waals surface area contributed by atoms with Crippen molar-refractivity contribution in [3.8, 4) is 0 Å². The van der Waals surface area contributed by atoms with Gasteiger partial charge in [-0.05, 0) is 47.4 Å². The van der Waals surface area contributed by atoms with Crippen LogP contribution in [0.5, 0.6) is 0 Å². The molecule has 1 heterocycles. The highest BCUT2D eigenvalue weighted by Gasteiger charge is 2.00. The normalized spacial score (nSPS) is 10.9. The molecule has 1 amide bonds. The van der Waals surface area contributed by atoms with E-state index < -0.39 is 0 Å². The molecule has 0 atom stereocenters. The highest BCUT2D eigenvalue weighted by atomic mass is 16.1. The van der Waals surface area contributed by atoms with Crippen LogP contribution in [-0.2, 0) is 4.79 Å². The average Bonchev–Trinajstić information content (AvgIpc) is 2.47. The van der Waals surface area contributed by atoms with E-state index in [4.69, 9.17) is 0 Å². The summed E-state index contributed by atoms with van der Waals surface area (Å²) in [6, 6.07) is 11.6. The molecule has 0 spiro atoms. The Labute approximate surface area is 119 Å². The minimum absolute atomic E-state index is 0.140. The van der Waals surface area contributed by atoms with Gasteiger partial charge < -0.3 is 5.32 Å². The van der Waals surface area contributed by atoms with E-state index in [2.05, 4.69) is 24.1 Å². The number of nitrogens with zero attached hydrogens (tertiary/aromatic N) is 1. The van der Waals surface area contributed by atoms with Crippen LogP contribution in [-0.4, -0.2) is 10.9 Å². The van der Waals surface area contributed by atoms with Gasteiger partial charge in [-0.3, -0.25) is 9.78 Å². The molecule has 102 valence electrons. The molecular formula is C17H18N2O. The summed E-state index contributed by atoms with van der Waals surface area (Å²) >= 11 is 0. The van der Waals surface area contributed by atoms with Crippen LogP contribution < -0.4 is 5.32 Å². The maximum absolute atomic E-state index is 11.8. The summed E-state index contributed by atoms with van der Waals surface area (Å²) in [5.41, 5.74) is 3.01. The van der Waals surface area contributed by atoms with Crippen molar-refractivity contribution in [3.63, 3.8) is 0 Å². The molecule has 2 rings (SSSR count). The number of aromatic nitrogens is 1. The molecule has 3 heteroatoms. The number of amides is 1. The average molecular weight is 266 g/mol. The molecule has 0 aliphatic rings. The Kier molecular flexibility index (Phi) is 4.66. The second-order valence-corrected chi connectivity index (χ2v) is 4.88. The Morgan fingerprint density at radius 2 is 1.75 bits per heavy atom. The fourth-order valence-electron chi connectivity index (χ4n) is 1.78. The SMILES string of the molecule is CC(C)c1ccc(NC(=O)/C=C/c2ccncc2)cc1. The van der Waals surface area contributed by atoms with E-state index in [0.29, 0.717) is 5.92 Å². The zero-order valence-electron chi connectivity index (χ0n) is 11.7. The largest absolute Gasteiger partial charge is 0.323 e. The smallest absolute Gasteiger partial charge is 0.248 e. The van der Waals surface area contributed by atoms with Crippen LogP contribution in [0, 0.1) is 0 Å². The van der Waals surface area contributed by atoms with Crippen molar-refractivity contribution in [1.82, 2.24) is 4.98 Å². The second kappa shape index (κ2) is 6.66. The Bertz CT molecular complexity index is 586. The van der Waals surface area contributed by atoms with Crippen LogP contribution in [0.15, 0.2) is 54.9 Å². The fraction of sp³-hybridized carbons (Fsp3) is 0.176. The number of benzene rings is 1. The first-order valence-electron chi connectivity index (χ1n) is 6.64. The van der Waals surface area contributed by atoms with Gasteiger partial charge in [0.15, 0.2) is 0 Å². The molecule has 0 aliphatic carbocycles. The third-order valence-electron chi connectivity index (χ3n) is 2.98. The molecule has 0 saturated carbocycles. The number of carbonyl (C=O) groups is 1. The number of hydrogen-bond donors (Lipinski definition) is 1. The van der Waals surface area contributed by atoms with Crippen LogP contribution in [0.25, 0.3) is 6.08 Å². The second-order valence-electron chi connectivity index (χ2n) is 4.88. The molecule has 2 aromatic rings. The highest BCUT2D eigenvalue weighted by molar-refractivity contribution is 6.01. The van der Waals surface area contributed by atoms with Gasteiger partial charge in [0.1, 0.15) is 0 Å². The number of carbonyl (C=O) groups excluding carboxylic acids is 1. The van der Waals surface area contributed by atoms with Gasteiger partial charge in [-0.1, -0.05) is 26.0 Å². The topological polar surface area (TPSA) is 42.0 Å². The summed E-state index contributed by atoms with van der Waals surface area (Å²) in [5.74, 6) is 0.352. The predicted octanol–water partition coefficient (Wildman–Crippen LogP) is 3.86. The van der Waals surface area contributed by atoms with Crippen molar-refractivity contribution in [1.29, 1.82) is 0 Å². The van der Waals surface area contributed by atoms with Crippen LogP contribution in [0.4, 0.5) is 5.69 Å². The minimum Gasteiger partial charge on any atom is -0.323 e. The molecule has 1 aromatic carbocycles. The van der Waals surface area contributed by atoms with Crippen LogP contribution >= 0.6 is 0 Å². The molecule has 1 aromatic heterocycles. The summed E-state index contributed by atoms with van der Waals surface area (Å²) in [4.78, 5) is 15.7. The molecule has 0 unspecified atom stereocenters. The van der Waals surface area contributed by atoms with Gasteiger partial charge in [0.05, 0.1) is 0 Å². The van der Waals surface area contributed by atoms with Crippen molar-refractivity contribution >= 4 is 17.7 Å². The Hall–Kier alpha value is -2.42. The molecule has 0 saturated heterocycles. The Morgan fingerprint density at radius 3 is 2.35 bits per heavy atom. The maximum Gasteiger partial charge on any atom is 0.248 e. The van der Waals surface area contributed by atoms with Crippen molar-refractivity contribution in [2.75, 3.05) is 5.32 Å². The number of rotatable bonds is 4. The summed E-state index contributed by atoms with van der Waals surface area (Å²) < 4.78 is 0. The standard InChI is InChI=1S/C17H18N2O/c1-13(2)15-4-6-16(7-5-15)19-17(20)8-3-14-9-11-18-12-10-14/h3-13H,1-2H3,(H,19,20)/b8-3+. The van der Waals surface area contributed by atoms with Crippen LogP contribution in [0.1, 0.15) is 30.9 Å². The van der Waals surface area contributed by atoms with E-state index in [-0.39, 0.29) is 5.91 Å². The van der Waals surface area contributed by atoms with Gasteiger partial charge in [0.2, 0.25) is 5.91 Å². The third-order valence-corrected chi connectivity index (χ3v) is 2.98. The van der Waals surface area contributed by atoms with E-state index in [1.165, 1.54) is 11.6 Å². The molecule has 1 N–H and O–H groups in total. The van der Waals surface area contributed by atoms with Gasteiger partial charge in [-0.15, -0.1) is 0 Å². The lowest BCUT2D eigenvalue weighted by Gasteiger charge is -2.07. The van der Waals surface area contributed by atoms with Gasteiger partial charge in [0, 0.05) is 24.2 Å². The molecule has 0 radical (unpaired) electrons. The molecule has 3 nitrogen and oxygen atoms in total. The van der Waals surface area contributed by atoms with Crippen molar-refractivity contribution in [2.45, 2.75) is 19.8 Å². The van der Waals surface area contributed by atoms with E-state index in [1.807, 2.05) is 36.4 Å². The first-order valence-corrected chi connectivity index (χ1v) is 6.64. The van der Waals surface area contributed by atoms with E-state index >= 15 is 0 Å². The zero-order chi connectivity index (χ0) is 14.4. The van der Waals surface area contributed by atoms with Gasteiger partial charge in [-0.25, -0.2) is 0 Å². The fourth-order valence-corrected chi connectivity index (χ4v) is 1.78. The summed E-state index contributed by atoms with van der Waals surface area (Å²) in [6.45, 7) is 4.29. The molecular weight excluding hydrogens is 248 g/mol. The first-order chi connectivity index (χ1) is 9.65. The maximum atomic E-state index is 11.8. The van der Waals surface area contributed by atoms with Crippen molar-refractivity contribution in [3.05, 3.63) is 66.0 Å². The van der Waals surface area contributed by atoms with Gasteiger partial charge >= 0.3 is 0 Å². The number of pyridine rings is 1. The Morgan fingerprint density at radius 1 is 1.10 bits per heavy atom. The van der Waals surface area contributed by atoms with E-state index in [9.17, 15) is 4.79 Å². The molecule has 0 fully saturated rings. The predicted molar refractivity (Wildman–Crippen MR) is 82.4 cm³/mol. The Balaban J connectivity index is 1.96. The van der Waals surface area contributed by atoms with E-state index in [1.54, 1.807) is 18.5 Å². The summed E-state index contributed by atoms with van der Waals surface area (Å²) in [7, 11) is 0. The molecule has 20 heavy (non-hydrogen) atoms. The van der Waals surface area contributed by atoms with Gasteiger partial charge in [0.25, 0.3) is 0 Å². The van der Waals surface area contributed by atoms with Gasteiger partial charge in [-0.2, -0.15) is 0 Å². The van der Waals surface area contributed by atoms with Crippen LogP contribution in [0.3, 0.4) is 0 Å². The van der Waals surface area contributed by atoms with Crippen molar-refractivity contribution in [2.24, 2.45) is 0 Å². The third kappa shape index (κ3) is 4.05. The number of anilines is 1. The summed E-state index contributed by atoms with van der Waals surface area (Å²) in [5, 5.41) is 2.84.